The highest BCUT2D eigenvalue weighted by Gasteiger charge is 2.07. The first kappa shape index (κ1) is 13.8. The van der Waals surface area contributed by atoms with Crippen molar-refractivity contribution in [3.05, 3.63) is 57.9 Å². The minimum Gasteiger partial charge on any atom is -0.398 e. The van der Waals surface area contributed by atoms with E-state index in [-0.39, 0.29) is 0 Å². The summed E-state index contributed by atoms with van der Waals surface area (Å²) >= 11 is 6.07. The second-order valence-electron chi connectivity index (χ2n) is 4.51. The molecule has 2 aromatic rings. The van der Waals surface area contributed by atoms with E-state index in [0.717, 1.165) is 33.1 Å². The Bertz CT molecular complexity index is 584. The maximum atomic E-state index is 6.07. The number of nitrogen functional groups attached to an aromatic ring is 1. The molecule has 2 rings (SSSR count). The minimum atomic E-state index is 0.432. The lowest BCUT2D eigenvalue weighted by Gasteiger charge is -2.11. The summed E-state index contributed by atoms with van der Waals surface area (Å²) in [6.45, 7) is 4.81. The molecule has 1 heterocycles. The highest BCUT2D eigenvalue weighted by Crippen LogP contribution is 2.20. The van der Waals surface area contributed by atoms with Gasteiger partial charge < -0.3 is 10.5 Å². The summed E-state index contributed by atoms with van der Waals surface area (Å²) < 4.78 is 5.66. The zero-order valence-electron chi connectivity index (χ0n) is 11.1. The lowest BCUT2D eigenvalue weighted by atomic mass is 10.1. The fraction of sp³-hybridized carbons (Fsp3) is 0.267. The topological polar surface area (TPSA) is 48.1 Å². The molecule has 1 aromatic carbocycles. The van der Waals surface area contributed by atoms with Crippen molar-refractivity contribution < 1.29 is 4.74 Å². The van der Waals surface area contributed by atoms with Crippen LogP contribution in [-0.4, -0.2) is 4.98 Å². The Morgan fingerprint density at radius 2 is 1.95 bits per heavy atom. The van der Waals surface area contributed by atoms with E-state index in [1.54, 1.807) is 6.20 Å². The maximum Gasteiger partial charge on any atom is 0.0895 e. The molecule has 0 amide bonds. The molecule has 0 aliphatic rings. The van der Waals surface area contributed by atoms with Gasteiger partial charge in [-0.15, -0.1) is 0 Å². The van der Waals surface area contributed by atoms with E-state index in [4.69, 9.17) is 22.1 Å². The van der Waals surface area contributed by atoms with Crippen LogP contribution >= 0.6 is 11.6 Å². The zero-order chi connectivity index (χ0) is 13.8. The van der Waals surface area contributed by atoms with Gasteiger partial charge >= 0.3 is 0 Å². The van der Waals surface area contributed by atoms with Gasteiger partial charge in [0.05, 0.1) is 18.9 Å². The molecule has 0 saturated carbocycles. The van der Waals surface area contributed by atoms with Gasteiger partial charge in [-0.05, 0) is 36.6 Å². The second kappa shape index (κ2) is 6.04. The van der Waals surface area contributed by atoms with Crippen molar-refractivity contribution in [1.29, 1.82) is 0 Å². The van der Waals surface area contributed by atoms with Crippen LogP contribution < -0.4 is 5.73 Å². The summed E-state index contributed by atoms with van der Waals surface area (Å²) in [5.74, 6) is 0. The largest absolute Gasteiger partial charge is 0.398 e. The first-order chi connectivity index (χ1) is 9.09. The predicted molar refractivity (Wildman–Crippen MR) is 78.1 cm³/mol. The Labute approximate surface area is 118 Å². The van der Waals surface area contributed by atoms with Crippen molar-refractivity contribution in [1.82, 2.24) is 4.98 Å². The lowest BCUT2D eigenvalue weighted by molar-refractivity contribution is 0.104. The van der Waals surface area contributed by atoms with Gasteiger partial charge in [-0.3, -0.25) is 4.98 Å². The maximum absolute atomic E-state index is 6.07. The number of anilines is 1. The fourth-order valence-electron chi connectivity index (χ4n) is 1.81. The van der Waals surface area contributed by atoms with Gasteiger partial charge in [0.25, 0.3) is 0 Å². The van der Waals surface area contributed by atoms with Crippen molar-refractivity contribution in [3.8, 4) is 0 Å². The van der Waals surface area contributed by atoms with Gasteiger partial charge in [-0.1, -0.05) is 29.8 Å². The van der Waals surface area contributed by atoms with Crippen LogP contribution in [0.1, 0.15) is 22.4 Å². The van der Waals surface area contributed by atoms with Crippen LogP contribution in [0.4, 0.5) is 5.69 Å². The van der Waals surface area contributed by atoms with E-state index in [9.17, 15) is 0 Å². The monoisotopic (exact) mass is 276 g/mol. The predicted octanol–water partition coefficient (Wildman–Crippen LogP) is 3.65. The number of hydrogen-bond acceptors (Lipinski definition) is 3. The number of benzene rings is 1. The van der Waals surface area contributed by atoms with Gasteiger partial charge in [-0.25, -0.2) is 0 Å². The van der Waals surface area contributed by atoms with Crippen LogP contribution in [0.2, 0.25) is 5.02 Å². The molecular weight excluding hydrogens is 260 g/mol. The molecule has 0 spiro atoms. The van der Waals surface area contributed by atoms with Crippen LogP contribution in [-0.2, 0) is 18.0 Å². The number of nitrogens with two attached hydrogens (primary N) is 1. The third-order valence-electron chi connectivity index (χ3n) is 3.13. The Morgan fingerprint density at radius 1 is 1.21 bits per heavy atom. The molecule has 2 N–H and O–H groups in total. The summed E-state index contributed by atoms with van der Waals surface area (Å²) in [4.78, 5) is 4.35. The summed E-state index contributed by atoms with van der Waals surface area (Å²) in [6, 6.07) is 7.65. The summed E-state index contributed by atoms with van der Waals surface area (Å²) in [5.41, 5.74) is 10.6. The van der Waals surface area contributed by atoms with Gasteiger partial charge in [0.1, 0.15) is 0 Å². The quantitative estimate of drug-likeness (QED) is 0.927. The number of rotatable bonds is 4. The van der Waals surface area contributed by atoms with E-state index in [2.05, 4.69) is 4.98 Å². The molecule has 0 unspecified atom stereocenters. The Kier molecular flexibility index (Phi) is 4.40. The minimum absolute atomic E-state index is 0.432. The number of hydrogen-bond donors (Lipinski definition) is 1. The number of nitrogens with zero attached hydrogens (tertiary/aromatic N) is 1. The molecule has 19 heavy (non-hydrogen) atoms. The number of aromatic nitrogens is 1. The van der Waals surface area contributed by atoms with Crippen molar-refractivity contribution in [2.75, 3.05) is 5.73 Å². The molecule has 100 valence electrons. The fourth-order valence-corrected chi connectivity index (χ4v) is 2.00. The highest BCUT2D eigenvalue weighted by atomic mass is 35.5. The lowest BCUT2D eigenvalue weighted by Crippen LogP contribution is -2.04. The SMILES string of the molecule is Cc1cnc(COCc2ccccc2Cl)c(C)c1N. The van der Waals surface area contributed by atoms with Gasteiger partial charge in [0.15, 0.2) is 0 Å². The Morgan fingerprint density at radius 3 is 2.68 bits per heavy atom. The van der Waals surface area contributed by atoms with Crippen LogP contribution in [0.25, 0.3) is 0 Å². The summed E-state index contributed by atoms with van der Waals surface area (Å²) in [5, 5.41) is 0.718. The van der Waals surface area contributed by atoms with Crippen molar-refractivity contribution in [2.45, 2.75) is 27.1 Å². The van der Waals surface area contributed by atoms with E-state index in [1.807, 2.05) is 38.1 Å². The van der Waals surface area contributed by atoms with E-state index in [0.29, 0.717) is 13.2 Å². The average Bonchev–Trinajstić information content (AvgIpc) is 2.41. The molecule has 0 radical (unpaired) electrons. The molecule has 0 atom stereocenters. The molecule has 4 heteroatoms. The average molecular weight is 277 g/mol. The third-order valence-corrected chi connectivity index (χ3v) is 3.50. The van der Waals surface area contributed by atoms with Crippen LogP contribution in [0.15, 0.2) is 30.5 Å². The smallest absolute Gasteiger partial charge is 0.0895 e. The molecule has 0 bridgehead atoms. The molecule has 0 saturated heterocycles. The van der Waals surface area contributed by atoms with Crippen molar-refractivity contribution in [2.24, 2.45) is 0 Å². The van der Waals surface area contributed by atoms with Gasteiger partial charge in [-0.2, -0.15) is 0 Å². The van der Waals surface area contributed by atoms with Crippen LogP contribution in [0.3, 0.4) is 0 Å². The van der Waals surface area contributed by atoms with Crippen LogP contribution in [0, 0.1) is 13.8 Å². The number of pyridine rings is 1. The first-order valence-electron chi connectivity index (χ1n) is 6.11. The van der Waals surface area contributed by atoms with Gasteiger partial charge in [0.2, 0.25) is 0 Å². The van der Waals surface area contributed by atoms with Crippen molar-refractivity contribution in [3.63, 3.8) is 0 Å². The summed E-state index contributed by atoms with van der Waals surface area (Å²) in [7, 11) is 0. The number of halogens is 1. The van der Waals surface area contributed by atoms with E-state index >= 15 is 0 Å². The molecule has 0 aliphatic heterocycles. The Hall–Kier alpha value is -1.58. The standard InChI is InChI=1S/C15H17ClN2O/c1-10-7-18-14(11(2)15(10)17)9-19-8-12-5-3-4-6-13(12)16/h3-7H,8-9H2,1-2H3,(H2,17,18). The molecule has 3 nitrogen and oxygen atoms in total. The molecule has 1 aromatic heterocycles. The zero-order valence-corrected chi connectivity index (χ0v) is 11.9. The third kappa shape index (κ3) is 3.25. The van der Waals surface area contributed by atoms with Crippen LogP contribution in [0.5, 0.6) is 0 Å². The molecule has 0 fully saturated rings. The highest BCUT2D eigenvalue weighted by molar-refractivity contribution is 6.31. The normalized spacial score (nSPS) is 10.7. The first-order valence-corrected chi connectivity index (χ1v) is 6.49. The van der Waals surface area contributed by atoms with E-state index < -0.39 is 0 Å². The Balaban J connectivity index is 2.01. The molecule has 0 aliphatic carbocycles. The molecular formula is C15H17ClN2O. The second-order valence-corrected chi connectivity index (χ2v) is 4.92. The number of ether oxygens (including phenoxy) is 1. The number of aryl methyl sites for hydroxylation is 1. The summed E-state index contributed by atoms with van der Waals surface area (Å²) in [6.07, 6.45) is 1.77. The van der Waals surface area contributed by atoms with E-state index in [1.165, 1.54) is 0 Å². The van der Waals surface area contributed by atoms with Crippen molar-refractivity contribution >= 4 is 17.3 Å². The van der Waals surface area contributed by atoms with Gasteiger partial charge in [0, 0.05) is 16.9 Å².